The van der Waals surface area contributed by atoms with Crippen molar-refractivity contribution in [1.29, 1.82) is 0 Å². The zero-order valence-electron chi connectivity index (χ0n) is 8.33. The standard InChI is InChI=1S/C12H14FN/c1-10-3-4-11-5-8-14(7-2-6-13)12(11)9-10/h3-5,8-9H,2,6-7H2,1H3. The van der Waals surface area contributed by atoms with Gasteiger partial charge in [0.15, 0.2) is 0 Å². The fraction of sp³-hybridized carbons (Fsp3) is 0.333. The van der Waals surface area contributed by atoms with Crippen LogP contribution < -0.4 is 0 Å². The van der Waals surface area contributed by atoms with Crippen molar-refractivity contribution in [2.24, 2.45) is 0 Å². The first kappa shape index (κ1) is 9.25. The number of hydrogen-bond acceptors (Lipinski definition) is 0. The van der Waals surface area contributed by atoms with Crippen LogP contribution in [0.3, 0.4) is 0 Å². The lowest BCUT2D eigenvalue weighted by molar-refractivity contribution is 0.450. The van der Waals surface area contributed by atoms with Crippen molar-refractivity contribution >= 4 is 10.9 Å². The average Bonchev–Trinajstić information content (AvgIpc) is 2.57. The lowest BCUT2D eigenvalue weighted by Crippen LogP contribution is -1.96. The maximum Gasteiger partial charge on any atom is 0.0911 e. The highest BCUT2D eigenvalue weighted by atomic mass is 19.1. The molecule has 0 atom stereocenters. The molecule has 0 radical (unpaired) electrons. The Bertz CT molecular complexity index is 431. The Labute approximate surface area is 83.2 Å². The summed E-state index contributed by atoms with van der Waals surface area (Å²) < 4.78 is 14.2. The zero-order chi connectivity index (χ0) is 9.97. The summed E-state index contributed by atoms with van der Waals surface area (Å²) in [5, 5.41) is 1.23. The van der Waals surface area contributed by atoms with Crippen LogP contribution in [0.25, 0.3) is 10.9 Å². The fourth-order valence-corrected chi connectivity index (χ4v) is 1.72. The predicted molar refractivity (Wildman–Crippen MR) is 57.3 cm³/mol. The molecule has 0 aliphatic heterocycles. The molecular weight excluding hydrogens is 177 g/mol. The number of benzene rings is 1. The van der Waals surface area contributed by atoms with Crippen molar-refractivity contribution in [3.8, 4) is 0 Å². The second-order valence-electron chi connectivity index (χ2n) is 3.61. The van der Waals surface area contributed by atoms with E-state index in [9.17, 15) is 4.39 Å². The van der Waals surface area contributed by atoms with Crippen molar-refractivity contribution in [3.05, 3.63) is 36.0 Å². The normalized spacial score (nSPS) is 11.0. The van der Waals surface area contributed by atoms with Gasteiger partial charge in [-0.3, -0.25) is 4.39 Å². The van der Waals surface area contributed by atoms with Crippen molar-refractivity contribution in [2.75, 3.05) is 6.67 Å². The van der Waals surface area contributed by atoms with Crippen LogP contribution in [0.2, 0.25) is 0 Å². The zero-order valence-corrected chi connectivity index (χ0v) is 8.33. The quantitative estimate of drug-likeness (QED) is 0.701. The third-order valence-corrected chi connectivity index (χ3v) is 2.46. The molecule has 0 fully saturated rings. The van der Waals surface area contributed by atoms with Crippen LogP contribution in [-0.2, 0) is 6.54 Å². The second kappa shape index (κ2) is 3.82. The molecule has 1 aromatic heterocycles. The van der Waals surface area contributed by atoms with Crippen LogP contribution in [-0.4, -0.2) is 11.2 Å². The van der Waals surface area contributed by atoms with Gasteiger partial charge >= 0.3 is 0 Å². The molecule has 1 aromatic carbocycles. The number of aryl methyl sites for hydroxylation is 2. The van der Waals surface area contributed by atoms with Gasteiger partial charge in [0.05, 0.1) is 6.67 Å². The Balaban J connectivity index is 2.40. The van der Waals surface area contributed by atoms with Gasteiger partial charge in [-0.1, -0.05) is 12.1 Å². The number of rotatable bonds is 3. The first-order valence-electron chi connectivity index (χ1n) is 4.93. The molecule has 1 heterocycles. The Morgan fingerprint density at radius 1 is 1.29 bits per heavy atom. The number of halogens is 1. The Hall–Kier alpha value is -1.31. The monoisotopic (exact) mass is 191 g/mol. The Morgan fingerprint density at radius 2 is 2.14 bits per heavy atom. The maximum atomic E-state index is 12.1. The van der Waals surface area contributed by atoms with Crippen molar-refractivity contribution in [2.45, 2.75) is 19.9 Å². The molecule has 14 heavy (non-hydrogen) atoms. The smallest absolute Gasteiger partial charge is 0.0911 e. The SMILES string of the molecule is Cc1ccc2ccn(CCCF)c2c1. The highest BCUT2D eigenvalue weighted by Gasteiger charge is 2.00. The predicted octanol–water partition coefficient (Wildman–Crippen LogP) is 3.31. The first-order valence-corrected chi connectivity index (χ1v) is 4.93. The molecule has 0 N–H and O–H groups in total. The highest BCUT2D eigenvalue weighted by Crippen LogP contribution is 2.17. The fourth-order valence-electron chi connectivity index (χ4n) is 1.72. The van der Waals surface area contributed by atoms with E-state index >= 15 is 0 Å². The largest absolute Gasteiger partial charge is 0.347 e. The minimum absolute atomic E-state index is 0.245. The Morgan fingerprint density at radius 3 is 2.93 bits per heavy atom. The van der Waals surface area contributed by atoms with E-state index in [0.717, 1.165) is 6.54 Å². The maximum absolute atomic E-state index is 12.1. The molecule has 0 bridgehead atoms. The summed E-state index contributed by atoms with van der Waals surface area (Å²) >= 11 is 0. The van der Waals surface area contributed by atoms with Crippen LogP contribution in [0.15, 0.2) is 30.5 Å². The number of fused-ring (bicyclic) bond motifs is 1. The minimum atomic E-state index is -0.245. The molecule has 1 nitrogen and oxygen atoms in total. The van der Waals surface area contributed by atoms with Gasteiger partial charge in [0.2, 0.25) is 0 Å². The average molecular weight is 191 g/mol. The van der Waals surface area contributed by atoms with Crippen molar-refractivity contribution < 1.29 is 4.39 Å². The molecule has 2 aromatic rings. The van der Waals surface area contributed by atoms with Gasteiger partial charge in [-0.15, -0.1) is 0 Å². The van der Waals surface area contributed by atoms with Gasteiger partial charge in [-0.05, 0) is 36.4 Å². The summed E-state index contributed by atoms with van der Waals surface area (Å²) in [6.45, 7) is 2.60. The van der Waals surface area contributed by atoms with Gasteiger partial charge in [0.25, 0.3) is 0 Å². The summed E-state index contributed by atoms with van der Waals surface area (Å²) in [7, 11) is 0. The molecule has 0 amide bonds. The topological polar surface area (TPSA) is 4.93 Å². The number of alkyl halides is 1. The summed E-state index contributed by atoms with van der Waals surface area (Å²) in [6.07, 6.45) is 2.62. The van der Waals surface area contributed by atoms with E-state index in [1.807, 2.05) is 6.20 Å². The third kappa shape index (κ3) is 1.65. The van der Waals surface area contributed by atoms with Gasteiger partial charge in [0.1, 0.15) is 0 Å². The van der Waals surface area contributed by atoms with Crippen LogP contribution in [0.5, 0.6) is 0 Å². The molecule has 0 spiro atoms. The van der Waals surface area contributed by atoms with Crippen molar-refractivity contribution in [3.63, 3.8) is 0 Å². The van der Waals surface area contributed by atoms with E-state index in [4.69, 9.17) is 0 Å². The number of hydrogen-bond donors (Lipinski definition) is 0. The van der Waals surface area contributed by atoms with Crippen molar-refractivity contribution in [1.82, 2.24) is 4.57 Å². The molecule has 0 unspecified atom stereocenters. The van der Waals surface area contributed by atoms with Crippen LogP contribution in [0.1, 0.15) is 12.0 Å². The summed E-state index contributed by atoms with van der Waals surface area (Å²) in [5.41, 5.74) is 2.45. The van der Waals surface area contributed by atoms with Gasteiger partial charge in [-0.2, -0.15) is 0 Å². The lowest BCUT2D eigenvalue weighted by atomic mass is 10.2. The summed E-state index contributed by atoms with van der Waals surface area (Å²) in [5.74, 6) is 0. The van der Waals surface area contributed by atoms with E-state index in [0.29, 0.717) is 6.42 Å². The van der Waals surface area contributed by atoms with E-state index in [-0.39, 0.29) is 6.67 Å². The molecule has 74 valence electrons. The molecule has 0 aliphatic carbocycles. The van der Waals surface area contributed by atoms with Gasteiger partial charge < -0.3 is 4.57 Å². The highest BCUT2D eigenvalue weighted by molar-refractivity contribution is 5.80. The minimum Gasteiger partial charge on any atom is -0.347 e. The molecule has 0 saturated heterocycles. The number of nitrogens with zero attached hydrogens (tertiary/aromatic N) is 1. The van der Waals surface area contributed by atoms with E-state index in [2.05, 4.69) is 35.8 Å². The van der Waals surface area contributed by atoms with E-state index < -0.39 is 0 Å². The van der Waals surface area contributed by atoms with Crippen LogP contribution in [0.4, 0.5) is 4.39 Å². The van der Waals surface area contributed by atoms with E-state index in [1.165, 1.54) is 16.5 Å². The van der Waals surface area contributed by atoms with Gasteiger partial charge in [-0.25, -0.2) is 0 Å². The van der Waals surface area contributed by atoms with E-state index in [1.54, 1.807) is 0 Å². The molecule has 2 rings (SSSR count). The van der Waals surface area contributed by atoms with Gasteiger partial charge in [0, 0.05) is 18.3 Å². The Kier molecular flexibility index (Phi) is 2.53. The first-order chi connectivity index (χ1) is 6.81. The molecule has 2 heteroatoms. The van der Waals surface area contributed by atoms with Crippen LogP contribution in [0, 0.1) is 6.92 Å². The number of aromatic nitrogens is 1. The third-order valence-electron chi connectivity index (χ3n) is 2.46. The molecular formula is C12H14FN. The second-order valence-corrected chi connectivity index (χ2v) is 3.61. The van der Waals surface area contributed by atoms with Crippen LogP contribution >= 0.6 is 0 Å². The molecule has 0 saturated carbocycles. The molecule has 0 aliphatic rings. The summed E-state index contributed by atoms with van der Waals surface area (Å²) in [4.78, 5) is 0. The lowest BCUT2D eigenvalue weighted by Gasteiger charge is -2.03. The summed E-state index contributed by atoms with van der Waals surface area (Å²) in [6, 6.07) is 8.43.